The molecule has 1 N–H and O–H groups in total. The molecule has 0 spiro atoms. The summed E-state index contributed by atoms with van der Waals surface area (Å²) in [6, 6.07) is 6.45. The SMILES string of the molecule is CCCNCc1snnc1-c1cccc(F)c1. The largest absolute Gasteiger partial charge is 0.312 e. The molecule has 0 amide bonds. The zero-order valence-corrected chi connectivity index (χ0v) is 10.4. The van der Waals surface area contributed by atoms with Crippen molar-refractivity contribution < 1.29 is 4.39 Å². The Balaban J connectivity index is 2.18. The van der Waals surface area contributed by atoms with E-state index < -0.39 is 0 Å². The van der Waals surface area contributed by atoms with Gasteiger partial charge in [0.1, 0.15) is 11.5 Å². The van der Waals surface area contributed by atoms with Crippen LogP contribution in [0.4, 0.5) is 4.39 Å². The molecule has 1 aromatic heterocycles. The number of hydrogen-bond donors (Lipinski definition) is 1. The van der Waals surface area contributed by atoms with E-state index in [1.807, 2.05) is 6.07 Å². The second-order valence-corrected chi connectivity index (χ2v) is 4.57. The minimum Gasteiger partial charge on any atom is -0.312 e. The summed E-state index contributed by atoms with van der Waals surface area (Å²) in [4.78, 5) is 1.05. The van der Waals surface area contributed by atoms with Gasteiger partial charge in [-0.15, -0.1) is 5.10 Å². The number of aromatic nitrogens is 2. The molecule has 0 saturated heterocycles. The Morgan fingerprint density at radius 3 is 3.06 bits per heavy atom. The van der Waals surface area contributed by atoms with Crippen molar-refractivity contribution in [2.45, 2.75) is 19.9 Å². The molecule has 0 aliphatic heterocycles. The number of benzene rings is 1. The Morgan fingerprint density at radius 1 is 1.41 bits per heavy atom. The molecule has 90 valence electrons. The van der Waals surface area contributed by atoms with Gasteiger partial charge in [0, 0.05) is 12.1 Å². The van der Waals surface area contributed by atoms with Crippen LogP contribution in [0.15, 0.2) is 24.3 Å². The molecular weight excluding hydrogens is 237 g/mol. The van der Waals surface area contributed by atoms with Crippen molar-refractivity contribution in [2.75, 3.05) is 6.54 Å². The average molecular weight is 251 g/mol. The standard InChI is InChI=1S/C12H14FN3S/c1-2-6-14-8-11-12(15-16-17-11)9-4-3-5-10(13)7-9/h3-5,7,14H,2,6,8H2,1H3. The van der Waals surface area contributed by atoms with Gasteiger partial charge in [-0.2, -0.15) is 0 Å². The molecule has 17 heavy (non-hydrogen) atoms. The van der Waals surface area contributed by atoms with E-state index >= 15 is 0 Å². The van der Waals surface area contributed by atoms with Crippen LogP contribution in [-0.2, 0) is 6.54 Å². The van der Waals surface area contributed by atoms with Gasteiger partial charge in [-0.05, 0) is 36.6 Å². The predicted octanol–water partition coefficient (Wildman–Crippen LogP) is 2.84. The molecule has 2 aromatic rings. The molecule has 0 unspecified atom stereocenters. The Hall–Kier alpha value is -1.33. The van der Waals surface area contributed by atoms with Crippen molar-refractivity contribution in [3.8, 4) is 11.3 Å². The minimum atomic E-state index is -0.247. The molecule has 0 saturated carbocycles. The first kappa shape index (κ1) is 12.1. The van der Waals surface area contributed by atoms with Crippen molar-refractivity contribution >= 4 is 11.5 Å². The van der Waals surface area contributed by atoms with Crippen LogP contribution in [0.2, 0.25) is 0 Å². The fourth-order valence-corrected chi connectivity index (χ4v) is 2.19. The second kappa shape index (κ2) is 5.84. The highest BCUT2D eigenvalue weighted by molar-refractivity contribution is 7.05. The molecule has 0 aliphatic rings. The van der Waals surface area contributed by atoms with E-state index in [-0.39, 0.29) is 5.82 Å². The summed E-state index contributed by atoms with van der Waals surface area (Å²) in [5.41, 5.74) is 1.56. The first-order valence-electron chi connectivity index (χ1n) is 5.59. The van der Waals surface area contributed by atoms with Gasteiger partial charge in [0.15, 0.2) is 0 Å². The van der Waals surface area contributed by atoms with Crippen molar-refractivity contribution in [3.63, 3.8) is 0 Å². The van der Waals surface area contributed by atoms with Crippen LogP contribution in [0.1, 0.15) is 18.2 Å². The Labute approximate surface area is 104 Å². The van der Waals surface area contributed by atoms with Crippen molar-refractivity contribution in [3.05, 3.63) is 35.0 Å². The highest BCUT2D eigenvalue weighted by Gasteiger charge is 2.10. The minimum absolute atomic E-state index is 0.247. The highest BCUT2D eigenvalue weighted by atomic mass is 32.1. The maximum absolute atomic E-state index is 13.1. The Kier molecular flexibility index (Phi) is 4.17. The van der Waals surface area contributed by atoms with Gasteiger partial charge in [-0.25, -0.2) is 4.39 Å². The summed E-state index contributed by atoms with van der Waals surface area (Å²) in [6.45, 7) is 3.81. The number of nitrogens with zero attached hydrogens (tertiary/aromatic N) is 2. The van der Waals surface area contributed by atoms with E-state index in [1.165, 1.54) is 23.7 Å². The van der Waals surface area contributed by atoms with Gasteiger partial charge >= 0.3 is 0 Å². The summed E-state index contributed by atoms with van der Waals surface area (Å²) in [5.74, 6) is -0.247. The lowest BCUT2D eigenvalue weighted by molar-refractivity contribution is 0.628. The summed E-state index contributed by atoms with van der Waals surface area (Å²) in [5, 5.41) is 7.37. The highest BCUT2D eigenvalue weighted by Crippen LogP contribution is 2.24. The second-order valence-electron chi connectivity index (χ2n) is 3.73. The molecule has 5 heteroatoms. The van der Waals surface area contributed by atoms with Gasteiger partial charge in [0.25, 0.3) is 0 Å². The van der Waals surface area contributed by atoms with Crippen LogP contribution in [0.3, 0.4) is 0 Å². The Morgan fingerprint density at radius 2 is 2.29 bits per heavy atom. The van der Waals surface area contributed by atoms with Gasteiger partial charge in [-0.3, -0.25) is 0 Å². The van der Waals surface area contributed by atoms with Gasteiger partial charge in [-0.1, -0.05) is 23.5 Å². The first-order valence-corrected chi connectivity index (χ1v) is 6.36. The van der Waals surface area contributed by atoms with Crippen molar-refractivity contribution in [1.29, 1.82) is 0 Å². The third kappa shape index (κ3) is 3.08. The van der Waals surface area contributed by atoms with E-state index in [4.69, 9.17) is 0 Å². The lowest BCUT2D eigenvalue weighted by atomic mass is 10.1. The fourth-order valence-electron chi connectivity index (χ4n) is 1.56. The molecule has 1 heterocycles. The van der Waals surface area contributed by atoms with Gasteiger partial charge < -0.3 is 5.32 Å². The van der Waals surface area contributed by atoms with E-state index in [9.17, 15) is 4.39 Å². The number of rotatable bonds is 5. The Bertz CT molecular complexity index is 484. The molecule has 3 nitrogen and oxygen atoms in total. The molecule has 0 bridgehead atoms. The quantitative estimate of drug-likeness (QED) is 0.830. The number of hydrogen-bond acceptors (Lipinski definition) is 4. The van der Waals surface area contributed by atoms with Gasteiger partial charge in [0.05, 0.1) is 4.88 Å². The van der Waals surface area contributed by atoms with Crippen LogP contribution in [-0.4, -0.2) is 16.1 Å². The van der Waals surface area contributed by atoms with E-state index in [1.54, 1.807) is 6.07 Å². The number of nitrogens with one attached hydrogen (secondary N) is 1. The zero-order chi connectivity index (χ0) is 12.1. The topological polar surface area (TPSA) is 37.8 Å². The smallest absolute Gasteiger partial charge is 0.123 e. The van der Waals surface area contributed by atoms with Crippen molar-refractivity contribution in [2.24, 2.45) is 0 Å². The molecule has 0 atom stereocenters. The normalized spacial score (nSPS) is 10.7. The zero-order valence-electron chi connectivity index (χ0n) is 9.61. The molecule has 1 aromatic carbocycles. The van der Waals surface area contributed by atoms with E-state index in [0.29, 0.717) is 0 Å². The van der Waals surface area contributed by atoms with Crippen LogP contribution in [0.5, 0.6) is 0 Å². The van der Waals surface area contributed by atoms with Crippen LogP contribution in [0.25, 0.3) is 11.3 Å². The molecular formula is C12H14FN3S. The molecule has 0 radical (unpaired) electrons. The summed E-state index contributed by atoms with van der Waals surface area (Å²) >= 11 is 1.35. The third-order valence-corrected chi connectivity index (χ3v) is 3.09. The summed E-state index contributed by atoms with van der Waals surface area (Å²) < 4.78 is 17.1. The lowest BCUT2D eigenvalue weighted by Crippen LogP contribution is -2.13. The number of halogens is 1. The van der Waals surface area contributed by atoms with Gasteiger partial charge in [0.2, 0.25) is 0 Å². The molecule has 0 fully saturated rings. The van der Waals surface area contributed by atoms with Crippen LogP contribution >= 0.6 is 11.5 Å². The first-order chi connectivity index (χ1) is 8.31. The van der Waals surface area contributed by atoms with Crippen LogP contribution < -0.4 is 5.32 Å². The van der Waals surface area contributed by atoms with Crippen molar-refractivity contribution in [1.82, 2.24) is 14.9 Å². The fraction of sp³-hybridized carbons (Fsp3) is 0.333. The summed E-state index contributed by atoms with van der Waals surface area (Å²) in [6.07, 6.45) is 1.08. The maximum atomic E-state index is 13.1. The van der Waals surface area contributed by atoms with Crippen LogP contribution in [0, 0.1) is 5.82 Å². The van der Waals surface area contributed by atoms with E-state index in [2.05, 4.69) is 21.8 Å². The maximum Gasteiger partial charge on any atom is 0.123 e. The monoisotopic (exact) mass is 251 g/mol. The summed E-state index contributed by atoms with van der Waals surface area (Å²) in [7, 11) is 0. The third-order valence-electron chi connectivity index (χ3n) is 2.37. The molecule has 0 aliphatic carbocycles. The molecule has 2 rings (SSSR count). The van der Waals surface area contributed by atoms with E-state index in [0.717, 1.165) is 35.6 Å². The predicted molar refractivity (Wildman–Crippen MR) is 67.3 cm³/mol. The average Bonchev–Trinajstić information content (AvgIpc) is 2.78. The lowest BCUT2D eigenvalue weighted by Gasteiger charge is -2.02.